The normalized spacial score (nSPS) is 24.1. The van der Waals surface area contributed by atoms with Crippen LogP contribution in [0.1, 0.15) is 57.8 Å². The molecule has 0 bridgehead atoms. The Morgan fingerprint density at radius 2 is 1.88 bits per heavy atom. The van der Waals surface area contributed by atoms with Crippen molar-refractivity contribution in [3.8, 4) is 0 Å². The molecule has 2 N–H and O–H groups in total. The molecule has 0 aromatic rings. The van der Waals surface area contributed by atoms with Crippen molar-refractivity contribution in [1.82, 2.24) is 4.90 Å². The molecule has 0 aromatic heterocycles. The predicted molar refractivity (Wildman–Crippen MR) is 69.6 cm³/mol. The number of nitrogens with zero attached hydrogens (tertiary/aromatic N) is 1. The van der Waals surface area contributed by atoms with E-state index in [0.717, 1.165) is 12.8 Å². The smallest absolute Gasteiger partial charge is 0.223 e. The van der Waals surface area contributed by atoms with Gasteiger partial charge in [-0.15, -0.1) is 0 Å². The summed E-state index contributed by atoms with van der Waals surface area (Å²) >= 11 is 0. The summed E-state index contributed by atoms with van der Waals surface area (Å²) in [5.41, 5.74) is 5.98. The van der Waals surface area contributed by atoms with E-state index in [4.69, 9.17) is 5.73 Å². The molecule has 0 saturated heterocycles. The number of rotatable bonds is 4. The van der Waals surface area contributed by atoms with E-state index in [1.807, 2.05) is 11.9 Å². The van der Waals surface area contributed by atoms with Gasteiger partial charge in [-0.25, -0.2) is 0 Å². The van der Waals surface area contributed by atoms with E-state index in [0.29, 0.717) is 24.9 Å². The van der Waals surface area contributed by atoms with Gasteiger partial charge in [-0.2, -0.15) is 0 Å². The van der Waals surface area contributed by atoms with Gasteiger partial charge in [0.15, 0.2) is 0 Å². The van der Waals surface area contributed by atoms with E-state index < -0.39 is 0 Å². The van der Waals surface area contributed by atoms with Crippen LogP contribution in [-0.4, -0.2) is 30.4 Å². The van der Waals surface area contributed by atoms with Crippen molar-refractivity contribution >= 4 is 5.91 Å². The largest absolute Gasteiger partial charge is 0.343 e. The summed E-state index contributed by atoms with van der Waals surface area (Å²) in [4.78, 5) is 14.3. The molecule has 2 rings (SSSR count). The Morgan fingerprint density at radius 1 is 1.24 bits per heavy atom. The fraction of sp³-hybridized carbons (Fsp3) is 0.929. The third-order valence-corrected chi connectivity index (χ3v) is 4.89. The minimum absolute atomic E-state index is 0.153. The highest BCUT2D eigenvalue weighted by Gasteiger charge is 2.38. The van der Waals surface area contributed by atoms with Gasteiger partial charge >= 0.3 is 0 Å². The van der Waals surface area contributed by atoms with Crippen LogP contribution >= 0.6 is 0 Å². The van der Waals surface area contributed by atoms with Gasteiger partial charge in [0, 0.05) is 19.5 Å². The second kappa shape index (κ2) is 5.38. The SMILES string of the molecule is CN(C(=O)CC1(CN)CCC1)C1CCCCC1. The molecule has 1 amide bonds. The van der Waals surface area contributed by atoms with Crippen LogP contribution in [0.3, 0.4) is 0 Å². The Kier molecular flexibility index (Phi) is 4.08. The lowest BCUT2D eigenvalue weighted by Crippen LogP contribution is -2.45. The standard InChI is InChI=1S/C14H26N2O/c1-16(12-6-3-2-4-7-12)13(17)10-14(11-15)8-5-9-14/h12H,2-11,15H2,1H3. The molecule has 0 aliphatic heterocycles. The molecule has 0 atom stereocenters. The van der Waals surface area contributed by atoms with Crippen molar-refractivity contribution in [1.29, 1.82) is 0 Å². The minimum Gasteiger partial charge on any atom is -0.343 e. The number of amides is 1. The molecule has 98 valence electrons. The minimum atomic E-state index is 0.153. The van der Waals surface area contributed by atoms with Crippen LogP contribution in [0.25, 0.3) is 0 Å². The van der Waals surface area contributed by atoms with E-state index in [2.05, 4.69) is 0 Å². The third kappa shape index (κ3) is 2.82. The lowest BCUT2D eigenvalue weighted by Gasteiger charge is -2.42. The zero-order chi connectivity index (χ0) is 12.3. The number of hydrogen-bond acceptors (Lipinski definition) is 2. The molecule has 3 heteroatoms. The Bertz CT molecular complexity index is 262. The molecule has 3 nitrogen and oxygen atoms in total. The first kappa shape index (κ1) is 12.9. The maximum atomic E-state index is 12.3. The van der Waals surface area contributed by atoms with Gasteiger partial charge in [-0.1, -0.05) is 25.7 Å². The molecule has 0 spiro atoms. The average Bonchev–Trinajstić information content (AvgIpc) is 2.33. The van der Waals surface area contributed by atoms with E-state index in [1.165, 1.54) is 38.5 Å². The number of carbonyl (C=O) groups is 1. The van der Waals surface area contributed by atoms with Crippen LogP contribution < -0.4 is 5.73 Å². The summed E-state index contributed by atoms with van der Waals surface area (Å²) in [5, 5.41) is 0. The van der Waals surface area contributed by atoms with Gasteiger partial charge in [0.05, 0.1) is 0 Å². The molecule has 0 aromatic carbocycles. The van der Waals surface area contributed by atoms with Crippen molar-refractivity contribution < 1.29 is 4.79 Å². The van der Waals surface area contributed by atoms with E-state index in [9.17, 15) is 4.79 Å². The quantitative estimate of drug-likeness (QED) is 0.817. The van der Waals surface area contributed by atoms with Crippen LogP contribution in [0.5, 0.6) is 0 Å². The third-order valence-electron chi connectivity index (χ3n) is 4.89. The van der Waals surface area contributed by atoms with Crippen molar-refractivity contribution in [3.05, 3.63) is 0 Å². The fourth-order valence-corrected chi connectivity index (χ4v) is 3.25. The van der Waals surface area contributed by atoms with Crippen LogP contribution in [0, 0.1) is 5.41 Å². The van der Waals surface area contributed by atoms with Crippen LogP contribution in [0.2, 0.25) is 0 Å². The van der Waals surface area contributed by atoms with Crippen molar-refractivity contribution in [3.63, 3.8) is 0 Å². The Labute approximate surface area is 105 Å². The first-order valence-corrected chi connectivity index (χ1v) is 7.13. The van der Waals surface area contributed by atoms with Gasteiger partial charge in [-0.05, 0) is 37.6 Å². The maximum Gasteiger partial charge on any atom is 0.223 e. The molecule has 2 saturated carbocycles. The van der Waals surface area contributed by atoms with Crippen LogP contribution in [0.4, 0.5) is 0 Å². The first-order chi connectivity index (χ1) is 8.17. The predicted octanol–water partition coefficient (Wildman–Crippen LogP) is 2.30. The zero-order valence-corrected chi connectivity index (χ0v) is 11.1. The average molecular weight is 238 g/mol. The lowest BCUT2D eigenvalue weighted by atomic mass is 9.66. The number of carbonyl (C=O) groups excluding carboxylic acids is 1. The second-order valence-corrected chi connectivity index (χ2v) is 6.03. The fourth-order valence-electron chi connectivity index (χ4n) is 3.25. The van der Waals surface area contributed by atoms with Crippen molar-refractivity contribution in [2.45, 2.75) is 63.8 Å². The van der Waals surface area contributed by atoms with Gasteiger partial charge in [0.2, 0.25) is 5.91 Å². The van der Waals surface area contributed by atoms with Gasteiger partial charge in [-0.3, -0.25) is 4.79 Å². The molecule has 0 heterocycles. The van der Waals surface area contributed by atoms with Gasteiger partial charge in [0.1, 0.15) is 0 Å². The summed E-state index contributed by atoms with van der Waals surface area (Å²) in [7, 11) is 1.99. The molecule has 0 radical (unpaired) electrons. The summed E-state index contributed by atoms with van der Waals surface area (Å²) in [6, 6.07) is 0.492. The highest BCUT2D eigenvalue weighted by molar-refractivity contribution is 5.77. The summed E-state index contributed by atoms with van der Waals surface area (Å²) in [5.74, 6) is 0.321. The highest BCUT2D eigenvalue weighted by atomic mass is 16.2. The molecule has 0 unspecified atom stereocenters. The topological polar surface area (TPSA) is 46.3 Å². The summed E-state index contributed by atoms with van der Waals surface area (Å²) in [6.07, 6.45) is 10.5. The van der Waals surface area contributed by atoms with Crippen molar-refractivity contribution in [2.24, 2.45) is 11.1 Å². The number of nitrogens with two attached hydrogens (primary N) is 1. The highest BCUT2D eigenvalue weighted by Crippen LogP contribution is 2.43. The van der Waals surface area contributed by atoms with Crippen molar-refractivity contribution in [2.75, 3.05) is 13.6 Å². The van der Waals surface area contributed by atoms with E-state index in [-0.39, 0.29) is 5.41 Å². The van der Waals surface area contributed by atoms with Gasteiger partial charge in [0.25, 0.3) is 0 Å². The molecular weight excluding hydrogens is 212 g/mol. The molecule has 2 aliphatic rings. The Balaban J connectivity index is 1.85. The van der Waals surface area contributed by atoms with E-state index in [1.54, 1.807) is 0 Å². The maximum absolute atomic E-state index is 12.3. The molecule has 17 heavy (non-hydrogen) atoms. The number of hydrogen-bond donors (Lipinski definition) is 1. The summed E-state index contributed by atoms with van der Waals surface area (Å²) < 4.78 is 0. The molecule has 2 aliphatic carbocycles. The monoisotopic (exact) mass is 238 g/mol. The van der Waals surface area contributed by atoms with E-state index >= 15 is 0 Å². The molecule has 2 fully saturated rings. The van der Waals surface area contributed by atoms with Gasteiger partial charge < -0.3 is 10.6 Å². The van der Waals surface area contributed by atoms with Crippen LogP contribution in [-0.2, 0) is 4.79 Å². The second-order valence-electron chi connectivity index (χ2n) is 6.03. The first-order valence-electron chi connectivity index (χ1n) is 7.13. The Hall–Kier alpha value is -0.570. The Morgan fingerprint density at radius 3 is 2.35 bits per heavy atom. The molecular formula is C14H26N2O. The lowest BCUT2D eigenvalue weighted by molar-refractivity contribution is -0.136. The summed E-state index contributed by atoms with van der Waals surface area (Å²) in [6.45, 7) is 0.678. The zero-order valence-electron chi connectivity index (χ0n) is 11.1. The van der Waals surface area contributed by atoms with Crippen LogP contribution in [0.15, 0.2) is 0 Å².